The fourth-order valence-electron chi connectivity index (χ4n) is 1.07. The Morgan fingerprint density at radius 3 is 2.50 bits per heavy atom. The maximum absolute atomic E-state index is 10.8. The molecule has 1 heterocycles. The Morgan fingerprint density at radius 2 is 1.93 bits per heavy atom. The Morgan fingerprint density at radius 1 is 1.14 bits per heavy atom. The number of rotatable bonds is 1. The van der Waals surface area contributed by atoms with Crippen molar-refractivity contribution in [2.45, 2.75) is 0 Å². The largest absolute Gasteiger partial charge is 0.378 e. The van der Waals surface area contributed by atoms with Crippen LogP contribution in [-0.4, -0.2) is 5.16 Å². The summed E-state index contributed by atoms with van der Waals surface area (Å²) in [6.07, 6.45) is 0. The van der Waals surface area contributed by atoms with Gasteiger partial charge in [0, 0.05) is 5.56 Å². The van der Waals surface area contributed by atoms with Crippen molar-refractivity contribution in [3.8, 4) is 11.3 Å². The summed E-state index contributed by atoms with van der Waals surface area (Å²) in [4.78, 5) is 10.8. The van der Waals surface area contributed by atoms with Gasteiger partial charge in [-0.3, -0.25) is 4.79 Å². The Labute approximate surface area is 89.2 Å². The van der Waals surface area contributed by atoms with E-state index in [1.54, 1.807) is 18.2 Å². The first kappa shape index (κ1) is 9.37. The molecular weight excluding hydrogens is 225 g/mol. The van der Waals surface area contributed by atoms with E-state index >= 15 is 0 Å². The smallest absolute Gasteiger partial charge is 0.280 e. The molecule has 2 rings (SSSR count). The highest BCUT2D eigenvalue weighted by Gasteiger charge is 2.05. The molecule has 0 saturated heterocycles. The molecule has 14 heavy (non-hydrogen) atoms. The highest BCUT2D eigenvalue weighted by Crippen LogP contribution is 2.27. The van der Waals surface area contributed by atoms with Crippen LogP contribution in [0.2, 0.25) is 10.0 Å². The lowest BCUT2D eigenvalue weighted by atomic mass is 10.2. The van der Waals surface area contributed by atoms with Crippen LogP contribution in [0.15, 0.2) is 33.6 Å². The topological polar surface area (TPSA) is 46.0 Å². The fraction of sp³-hybridized carbons (Fsp3) is 0. The van der Waals surface area contributed by atoms with E-state index in [9.17, 15) is 4.79 Å². The van der Waals surface area contributed by atoms with Crippen LogP contribution in [0.4, 0.5) is 0 Å². The minimum atomic E-state index is -0.286. The van der Waals surface area contributed by atoms with E-state index in [-0.39, 0.29) is 5.56 Å². The van der Waals surface area contributed by atoms with Crippen molar-refractivity contribution in [1.29, 1.82) is 0 Å². The zero-order chi connectivity index (χ0) is 10.1. The first-order valence-electron chi connectivity index (χ1n) is 3.81. The molecule has 5 heteroatoms. The van der Waals surface area contributed by atoms with E-state index in [0.717, 1.165) is 0 Å². The Bertz CT molecular complexity index is 516. The van der Waals surface area contributed by atoms with E-state index in [2.05, 4.69) is 5.16 Å². The van der Waals surface area contributed by atoms with Crippen molar-refractivity contribution in [3.05, 3.63) is 44.7 Å². The molecule has 0 aliphatic heterocycles. The summed E-state index contributed by atoms with van der Waals surface area (Å²) in [5, 5.41) is 3.08. The second-order valence-corrected chi connectivity index (χ2v) is 3.52. The van der Waals surface area contributed by atoms with Gasteiger partial charge in [-0.05, 0) is 18.2 Å². The van der Waals surface area contributed by atoms with Crippen molar-refractivity contribution >= 4 is 23.2 Å². The van der Waals surface area contributed by atoms with Crippen LogP contribution >= 0.6 is 23.2 Å². The molecule has 1 N–H and O–H groups in total. The number of benzene rings is 1. The van der Waals surface area contributed by atoms with Crippen molar-refractivity contribution in [2.24, 2.45) is 0 Å². The van der Waals surface area contributed by atoms with Gasteiger partial charge in [-0.15, -0.1) is 0 Å². The SMILES string of the molecule is O=c1cc(-c2ccc(Cl)c(Cl)c2)o[nH]1. The number of hydrogen-bond acceptors (Lipinski definition) is 2. The Hall–Kier alpha value is -1.19. The molecular formula is C9H5Cl2NO2. The summed E-state index contributed by atoms with van der Waals surface area (Å²) in [6, 6.07) is 6.35. The van der Waals surface area contributed by atoms with Crippen LogP contribution in [0.3, 0.4) is 0 Å². The van der Waals surface area contributed by atoms with Crippen LogP contribution in [0.25, 0.3) is 11.3 Å². The maximum atomic E-state index is 10.8. The van der Waals surface area contributed by atoms with Gasteiger partial charge >= 0.3 is 0 Å². The van der Waals surface area contributed by atoms with Crippen LogP contribution in [0, 0.1) is 0 Å². The third kappa shape index (κ3) is 1.69. The highest BCUT2D eigenvalue weighted by molar-refractivity contribution is 6.42. The molecule has 3 nitrogen and oxygen atoms in total. The molecule has 1 aromatic heterocycles. The zero-order valence-corrected chi connectivity index (χ0v) is 8.39. The molecule has 0 spiro atoms. The zero-order valence-electron chi connectivity index (χ0n) is 6.88. The number of hydrogen-bond donors (Lipinski definition) is 1. The third-order valence-corrected chi connectivity index (χ3v) is 2.47. The van der Waals surface area contributed by atoms with E-state index < -0.39 is 0 Å². The van der Waals surface area contributed by atoms with Gasteiger partial charge in [-0.2, -0.15) is 5.16 Å². The maximum Gasteiger partial charge on any atom is 0.280 e. The number of aromatic nitrogens is 1. The average Bonchev–Trinajstić information content (AvgIpc) is 2.57. The van der Waals surface area contributed by atoms with E-state index in [4.69, 9.17) is 27.7 Å². The normalized spacial score (nSPS) is 10.4. The molecule has 72 valence electrons. The molecule has 0 aliphatic carbocycles. The molecule has 0 amide bonds. The average molecular weight is 230 g/mol. The number of nitrogens with one attached hydrogen (secondary N) is 1. The van der Waals surface area contributed by atoms with Gasteiger partial charge in [0.2, 0.25) is 0 Å². The summed E-state index contributed by atoms with van der Waals surface area (Å²) < 4.78 is 4.91. The van der Waals surface area contributed by atoms with Gasteiger partial charge in [-0.1, -0.05) is 23.2 Å². The standard InChI is InChI=1S/C9H5Cl2NO2/c10-6-2-1-5(3-7(6)11)8-4-9(13)12-14-8/h1-4H,(H,12,13). The summed E-state index contributed by atoms with van der Waals surface area (Å²) >= 11 is 11.5. The van der Waals surface area contributed by atoms with Gasteiger partial charge in [0.25, 0.3) is 5.56 Å². The van der Waals surface area contributed by atoms with E-state index in [1.165, 1.54) is 6.07 Å². The predicted molar refractivity (Wildman–Crippen MR) is 54.8 cm³/mol. The monoisotopic (exact) mass is 229 g/mol. The van der Waals surface area contributed by atoms with E-state index in [1.807, 2.05) is 0 Å². The van der Waals surface area contributed by atoms with Crippen molar-refractivity contribution < 1.29 is 4.52 Å². The Balaban J connectivity index is 2.52. The molecule has 1 aromatic carbocycles. The minimum absolute atomic E-state index is 0.286. The first-order chi connectivity index (χ1) is 6.66. The van der Waals surface area contributed by atoms with Gasteiger partial charge in [-0.25, -0.2) is 0 Å². The lowest BCUT2D eigenvalue weighted by Crippen LogP contribution is -1.92. The number of H-pyrrole nitrogens is 1. The van der Waals surface area contributed by atoms with Gasteiger partial charge in [0.05, 0.1) is 16.1 Å². The fourth-order valence-corrected chi connectivity index (χ4v) is 1.37. The second-order valence-electron chi connectivity index (χ2n) is 2.71. The van der Waals surface area contributed by atoms with Gasteiger partial charge in [0.1, 0.15) is 0 Å². The lowest BCUT2D eigenvalue weighted by molar-refractivity contribution is 0.426. The van der Waals surface area contributed by atoms with Gasteiger partial charge < -0.3 is 4.52 Å². The van der Waals surface area contributed by atoms with E-state index in [0.29, 0.717) is 21.4 Å². The van der Waals surface area contributed by atoms with Gasteiger partial charge in [0.15, 0.2) is 5.76 Å². The molecule has 0 bridgehead atoms. The molecule has 0 aliphatic rings. The van der Waals surface area contributed by atoms with Crippen molar-refractivity contribution in [2.75, 3.05) is 0 Å². The number of aromatic amines is 1. The van der Waals surface area contributed by atoms with Crippen LogP contribution in [0.1, 0.15) is 0 Å². The summed E-state index contributed by atoms with van der Waals surface area (Å²) in [6.45, 7) is 0. The molecule has 0 atom stereocenters. The van der Waals surface area contributed by atoms with Crippen LogP contribution in [-0.2, 0) is 0 Å². The highest BCUT2D eigenvalue weighted by atomic mass is 35.5. The third-order valence-electron chi connectivity index (χ3n) is 1.73. The summed E-state index contributed by atoms with van der Waals surface area (Å²) in [7, 11) is 0. The molecule has 0 saturated carbocycles. The Kier molecular flexibility index (Phi) is 2.35. The molecule has 0 radical (unpaired) electrons. The quantitative estimate of drug-likeness (QED) is 0.818. The van der Waals surface area contributed by atoms with Crippen LogP contribution in [0.5, 0.6) is 0 Å². The van der Waals surface area contributed by atoms with Crippen molar-refractivity contribution in [3.63, 3.8) is 0 Å². The number of halogens is 2. The molecule has 0 fully saturated rings. The van der Waals surface area contributed by atoms with Crippen LogP contribution < -0.4 is 5.56 Å². The summed E-state index contributed by atoms with van der Waals surface area (Å²) in [5.74, 6) is 0.438. The molecule has 2 aromatic rings. The second kappa shape index (κ2) is 3.52. The molecule has 0 unspecified atom stereocenters. The predicted octanol–water partition coefficient (Wildman–Crippen LogP) is 2.94. The van der Waals surface area contributed by atoms with Crippen molar-refractivity contribution in [1.82, 2.24) is 5.16 Å². The summed E-state index contributed by atoms with van der Waals surface area (Å²) in [5.41, 5.74) is 0.420. The first-order valence-corrected chi connectivity index (χ1v) is 4.56. The lowest BCUT2D eigenvalue weighted by Gasteiger charge is -1.97. The minimum Gasteiger partial charge on any atom is -0.378 e.